The second-order valence-electron chi connectivity index (χ2n) is 2.77. The smallest absolute Gasteiger partial charge is 0.342 e. The maximum Gasteiger partial charge on any atom is 0.342 e. The standard InChI is InChI=1S/C9H8O3/c1-6-4-7-8(12-5-6)2-3-11-9(7)10/h2-3H,1,4-5H2. The van der Waals surface area contributed by atoms with E-state index in [1.54, 1.807) is 6.07 Å². The number of rotatable bonds is 0. The second kappa shape index (κ2) is 2.52. The van der Waals surface area contributed by atoms with E-state index in [9.17, 15) is 4.79 Å². The highest BCUT2D eigenvalue weighted by molar-refractivity contribution is 5.35. The van der Waals surface area contributed by atoms with E-state index >= 15 is 0 Å². The molecule has 2 heterocycles. The molecule has 0 unspecified atom stereocenters. The van der Waals surface area contributed by atoms with Crippen molar-refractivity contribution in [3.05, 3.63) is 40.5 Å². The molecule has 0 saturated carbocycles. The molecule has 0 spiro atoms. The van der Waals surface area contributed by atoms with Crippen LogP contribution in [0.1, 0.15) is 5.56 Å². The van der Waals surface area contributed by atoms with Crippen LogP contribution in [-0.4, -0.2) is 6.61 Å². The molecule has 0 amide bonds. The lowest BCUT2D eigenvalue weighted by atomic mass is 10.1. The predicted molar refractivity (Wildman–Crippen MR) is 43.3 cm³/mol. The highest BCUT2D eigenvalue weighted by Gasteiger charge is 2.16. The molecule has 1 aliphatic rings. The van der Waals surface area contributed by atoms with Crippen molar-refractivity contribution in [3.63, 3.8) is 0 Å². The summed E-state index contributed by atoms with van der Waals surface area (Å²) in [4.78, 5) is 11.1. The van der Waals surface area contributed by atoms with Gasteiger partial charge in [0.25, 0.3) is 0 Å². The molecule has 0 fully saturated rings. The maximum absolute atomic E-state index is 11.1. The molecule has 12 heavy (non-hydrogen) atoms. The van der Waals surface area contributed by atoms with Crippen LogP contribution < -0.4 is 10.4 Å². The Labute approximate surface area is 69.3 Å². The molecule has 0 aromatic carbocycles. The lowest BCUT2D eigenvalue weighted by Crippen LogP contribution is -2.18. The van der Waals surface area contributed by atoms with Crippen LogP contribution in [0.2, 0.25) is 0 Å². The van der Waals surface area contributed by atoms with Gasteiger partial charge in [-0.1, -0.05) is 6.58 Å². The van der Waals surface area contributed by atoms with Gasteiger partial charge in [-0.25, -0.2) is 4.79 Å². The van der Waals surface area contributed by atoms with Crippen LogP contribution >= 0.6 is 0 Å². The summed E-state index contributed by atoms with van der Waals surface area (Å²) in [6, 6.07) is 1.66. The van der Waals surface area contributed by atoms with Crippen LogP contribution in [0.3, 0.4) is 0 Å². The molecule has 2 rings (SSSR count). The largest absolute Gasteiger partial charge is 0.489 e. The van der Waals surface area contributed by atoms with Crippen LogP contribution in [0, 0.1) is 0 Å². The lowest BCUT2D eigenvalue weighted by molar-refractivity contribution is 0.322. The third-order valence-electron chi connectivity index (χ3n) is 1.80. The fourth-order valence-electron chi connectivity index (χ4n) is 1.21. The summed E-state index contributed by atoms with van der Waals surface area (Å²) in [6.45, 7) is 4.25. The van der Waals surface area contributed by atoms with Gasteiger partial charge in [0.1, 0.15) is 12.4 Å². The van der Waals surface area contributed by atoms with E-state index in [4.69, 9.17) is 9.15 Å². The zero-order valence-electron chi connectivity index (χ0n) is 6.50. The third kappa shape index (κ3) is 1.03. The molecular formula is C9H8O3. The van der Waals surface area contributed by atoms with Crippen LogP contribution in [-0.2, 0) is 6.42 Å². The highest BCUT2D eigenvalue weighted by atomic mass is 16.5. The first-order valence-electron chi connectivity index (χ1n) is 3.67. The van der Waals surface area contributed by atoms with E-state index in [-0.39, 0.29) is 5.63 Å². The third-order valence-corrected chi connectivity index (χ3v) is 1.80. The Morgan fingerprint density at radius 1 is 1.50 bits per heavy atom. The Morgan fingerprint density at radius 2 is 2.33 bits per heavy atom. The van der Waals surface area contributed by atoms with E-state index in [1.165, 1.54) is 6.26 Å². The minimum Gasteiger partial charge on any atom is -0.489 e. The van der Waals surface area contributed by atoms with Crippen molar-refractivity contribution in [2.75, 3.05) is 6.61 Å². The summed E-state index contributed by atoms with van der Waals surface area (Å²) in [6.07, 6.45) is 1.91. The Balaban J connectivity index is 2.57. The summed E-state index contributed by atoms with van der Waals surface area (Å²) in [7, 11) is 0. The quantitative estimate of drug-likeness (QED) is 0.539. The predicted octanol–water partition coefficient (Wildman–Crippen LogP) is 1.13. The Morgan fingerprint density at radius 3 is 3.17 bits per heavy atom. The van der Waals surface area contributed by atoms with E-state index in [2.05, 4.69) is 6.58 Å². The average molecular weight is 164 g/mol. The lowest BCUT2D eigenvalue weighted by Gasteiger charge is -2.16. The number of ether oxygens (including phenoxy) is 1. The molecule has 62 valence electrons. The topological polar surface area (TPSA) is 39.4 Å². The van der Waals surface area contributed by atoms with Crippen molar-refractivity contribution in [1.29, 1.82) is 0 Å². The van der Waals surface area contributed by atoms with E-state index in [0.717, 1.165) is 5.57 Å². The van der Waals surface area contributed by atoms with Crippen molar-refractivity contribution >= 4 is 0 Å². The van der Waals surface area contributed by atoms with Gasteiger partial charge in [0.05, 0.1) is 11.8 Å². The molecule has 0 bridgehead atoms. The van der Waals surface area contributed by atoms with Gasteiger partial charge >= 0.3 is 5.63 Å². The number of hydrogen-bond donors (Lipinski definition) is 0. The molecule has 0 atom stereocenters. The average Bonchev–Trinajstić information content (AvgIpc) is 2.07. The summed E-state index contributed by atoms with van der Waals surface area (Å²) in [5.41, 5.74) is 1.16. The van der Waals surface area contributed by atoms with Gasteiger partial charge in [-0.2, -0.15) is 0 Å². The first kappa shape index (κ1) is 7.16. The van der Waals surface area contributed by atoms with Gasteiger partial charge in [-0.05, 0) is 5.57 Å². The van der Waals surface area contributed by atoms with Gasteiger partial charge in [0.2, 0.25) is 0 Å². The summed E-state index contributed by atoms with van der Waals surface area (Å²) in [5.74, 6) is 0.624. The first-order valence-corrected chi connectivity index (χ1v) is 3.67. The minimum absolute atomic E-state index is 0.326. The molecule has 1 aromatic rings. The fraction of sp³-hybridized carbons (Fsp3) is 0.222. The van der Waals surface area contributed by atoms with Crippen molar-refractivity contribution in [2.45, 2.75) is 6.42 Å². The maximum atomic E-state index is 11.1. The molecular weight excluding hydrogens is 156 g/mol. The molecule has 1 aliphatic heterocycles. The highest BCUT2D eigenvalue weighted by Crippen LogP contribution is 2.22. The number of fused-ring (bicyclic) bond motifs is 1. The molecule has 0 aliphatic carbocycles. The van der Waals surface area contributed by atoms with Crippen LogP contribution in [0.4, 0.5) is 0 Å². The number of hydrogen-bond acceptors (Lipinski definition) is 3. The van der Waals surface area contributed by atoms with Crippen molar-refractivity contribution in [1.82, 2.24) is 0 Å². The van der Waals surface area contributed by atoms with Crippen molar-refractivity contribution in [2.24, 2.45) is 0 Å². The van der Waals surface area contributed by atoms with Gasteiger partial charge in [-0.15, -0.1) is 0 Å². The van der Waals surface area contributed by atoms with E-state index in [0.29, 0.717) is 24.3 Å². The molecule has 0 radical (unpaired) electrons. The van der Waals surface area contributed by atoms with Crippen molar-refractivity contribution < 1.29 is 9.15 Å². The first-order chi connectivity index (χ1) is 5.77. The monoisotopic (exact) mass is 164 g/mol. The van der Waals surface area contributed by atoms with Gasteiger partial charge in [0, 0.05) is 12.5 Å². The van der Waals surface area contributed by atoms with Gasteiger partial charge in [-0.3, -0.25) is 0 Å². The van der Waals surface area contributed by atoms with Gasteiger partial charge < -0.3 is 9.15 Å². The Hall–Kier alpha value is -1.51. The molecule has 0 saturated heterocycles. The molecule has 0 N–H and O–H groups in total. The fourth-order valence-corrected chi connectivity index (χ4v) is 1.21. The minimum atomic E-state index is -0.326. The normalized spacial score (nSPS) is 15.2. The Bertz CT molecular complexity index is 376. The molecule has 1 aromatic heterocycles. The molecule has 3 heteroatoms. The SMILES string of the molecule is C=C1COc2ccoc(=O)c2C1. The van der Waals surface area contributed by atoms with Crippen molar-refractivity contribution in [3.8, 4) is 5.75 Å². The zero-order valence-corrected chi connectivity index (χ0v) is 6.50. The van der Waals surface area contributed by atoms with Crippen LogP contribution in [0.25, 0.3) is 0 Å². The summed E-state index contributed by atoms with van der Waals surface area (Å²) < 4.78 is 9.95. The van der Waals surface area contributed by atoms with Gasteiger partial charge in [0.15, 0.2) is 0 Å². The summed E-state index contributed by atoms with van der Waals surface area (Å²) in [5, 5.41) is 0. The van der Waals surface area contributed by atoms with E-state index in [1.807, 2.05) is 0 Å². The van der Waals surface area contributed by atoms with Crippen LogP contribution in [0.5, 0.6) is 5.75 Å². The van der Waals surface area contributed by atoms with E-state index < -0.39 is 0 Å². The second-order valence-corrected chi connectivity index (χ2v) is 2.77. The zero-order chi connectivity index (χ0) is 8.55. The Kier molecular flexibility index (Phi) is 1.50. The van der Waals surface area contributed by atoms with Crippen LogP contribution in [0.15, 0.2) is 33.7 Å². The molecule has 3 nitrogen and oxygen atoms in total. The summed E-state index contributed by atoms with van der Waals surface area (Å²) >= 11 is 0.